The quantitative estimate of drug-likeness (QED) is 0.747. The van der Waals surface area contributed by atoms with Gasteiger partial charge in [-0.3, -0.25) is 4.68 Å². The van der Waals surface area contributed by atoms with Crippen molar-refractivity contribution in [3.8, 4) is 0 Å². The molecular formula is C11H19N3O. The highest BCUT2D eigenvalue weighted by molar-refractivity contribution is 5.24. The van der Waals surface area contributed by atoms with E-state index >= 15 is 0 Å². The van der Waals surface area contributed by atoms with Gasteiger partial charge in [-0.15, -0.1) is 0 Å². The van der Waals surface area contributed by atoms with Crippen molar-refractivity contribution in [3.63, 3.8) is 0 Å². The maximum atomic E-state index is 5.18. The normalized spacial score (nSPS) is 18.4. The molecule has 1 saturated carbocycles. The van der Waals surface area contributed by atoms with Crippen LogP contribution in [0.4, 0.5) is 0 Å². The monoisotopic (exact) mass is 209 g/mol. The highest BCUT2D eigenvalue weighted by atomic mass is 16.6. The molecule has 2 rings (SSSR count). The van der Waals surface area contributed by atoms with Crippen LogP contribution in [0.5, 0.6) is 0 Å². The van der Waals surface area contributed by atoms with E-state index in [4.69, 9.17) is 10.7 Å². The van der Waals surface area contributed by atoms with E-state index in [-0.39, 0.29) is 5.41 Å². The van der Waals surface area contributed by atoms with Crippen molar-refractivity contribution in [2.24, 2.45) is 11.8 Å². The minimum absolute atomic E-state index is 0.153. The van der Waals surface area contributed by atoms with Crippen molar-refractivity contribution in [3.05, 3.63) is 18.0 Å². The largest absolute Gasteiger partial charge is 0.304 e. The van der Waals surface area contributed by atoms with E-state index in [1.165, 1.54) is 5.69 Å². The van der Waals surface area contributed by atoms with Crippen molar-refractivity contribution in [2.45, 2.75) is 38.6 Å². The van der Waals surface area contributed by atoms with E-state index in [1.807, 2.05) is 6.20 Å². The first-order valence-electron chi connectivity index (χ1n) is 5.52. The minimum atomic E-state index is 0.153. The molecular weight excluding hydrogens is 190 g/mol. The van der Waals surface area contributed by atoms with Gasteiger partial charge in [-0.25, -0.2) is 5.90 Å². The summed E-state index contributed by atoms with van der Waals surface area (Å²) in [7, 11) is 0. The van der Waals surface area contributed by atoms with Crippen molar-refractivity contribution in [1.82, 2.24) is 9.78 Å². The summed E-state index contributed by atoms with van der Waals surface area (Å²) in [5.41, 5.74) is 1.43. The molecule has 1 aromatic heterocycles. The van der Waals surface area contributed by atoms with Crippen LogP contribution in [0, 0.1) is 5.92 Å². The Morgan fingerprint density at radius 2 is 2.33 bits per heavy atom. The molecule has 1 heterocycles. The van der Waals surface area contributed by atoms with Crippen LogP contribution in [0.1, 0.15) is 32.4 Å². The average molecular weight is 209 g/mol. The molecule has 1 aliphatic rings. The van der Waals surface area contributed by atoms with Crippen molar-refractivity contribution in [2.75, 3.05) is 6.61 Å². The molecule has 0 saturated heterocycles. The first-order valence-corrected chi connectivity index (χ1v) is 5.52. The molecule has 2 N–H and O–H groups in total. The van der Waals surface area contributed by atoms with Gasteiger partial charge in [-0.2, -0.15) is 5.10 Å². The number of rotatable bonds is 5. The lowest BCUT2D eigenvalue weighted by atomic mass is 10.0. The Kier molecular flexibility index (Phi) is 2.80. The van der Waals surface area contributed by atoms with Gasteiger partial charge in [-0.1, -0.05) is 13.8 Å². The fraction of sp³-hybridized carbons (Fsp3) is 0.727. The SMILES string of the molecule is CC(C)Cn1nccc1C1(CON)CC1. The van der Waals surface area contributed by atoms with Gasteiger partial charge in [0.25, 0.3) is 0 Å². The van der Waals surface area contributed by atoms with Crippen LogP contribution in [0.15, 0.2) is 12.3 Å². The Morgan fingerprint density at radius 1 is 1.60 bits per heavy atom. The number of hydrogen-bond donors (Lipinski definition) is 1. The highest BCUT2D eigenvalue weighted by Crippen LogP contribution is 2.48. The topological polar surface area (TPSA) is 53.1 Å². The van der Waals surface area contributed by atoms with Gasteiger partial charge in [0.15, 0.2) is 0 Å². The summed E-state index contributed by atoms with van der Waals surface area (Å²) in [4.78, 5) is 4.81. The first-order chi connectivity index (χ1) is 7.18. The molecule has 0 bridgehead atoms. The van der Waals surface area contributed by atoms with Crippen LogP contribution in [0.3, 0.4) is 0 Å². The summed E-state index contributed by atoms with van der Waals surface area (Å²) in [5.74, 6) is 5.79. The molecule has 1 fully saturated rings. The van der Waals surface area contributed by atoms with Crippen LogP contribution < -0.4 is 5.90 Å². The summed E-state index contributed by atoms with van der Waals surface area (Å²) in [6, 6.07) is 2.09. The first kappa shape index (κ1) is 10.6. The standard InChI is InChI=1S/C11H19N3O/c1-9(2)7-14-10(3-6-13-14)11(4-5-11)8-15-12/h3,6,9H,4-5,7-8,12H2,1-2H3. The van der Waals surface area contributed by atoms with Crippen LogP contribution in [0.25, 0.3) is 0 Å². The third-order valence-electron chi connectivity index (χ3n) is 3.01. The zero-order valence-electron chi connectivity index (χ0n) is 9.44. The second-order valence-electron chi connectivity index (χ2n) is 4.88. The van der Waals surface area contributed by atoms with E-state index in [9.17, 15) is 0 Å². The van der Waals surface area contributed by atoms with E-state index < -0.39 is 0 Å². The fourth-order valence-electron chi connectivity index (χ4n) is 2.06. The Hall–Kier alpha value is -0.870. The van der Waals surface area contributed by atoms with Crippen LogP contribution >= 0.6 is 0 Å². The summed E-state index contributed by atoms with van der Waals surface area (Å²) in [6.07, 6.45) is 4.19. The second-order valence-corrected chi connectivity index (χ2v) is 4.88. The fourth-order valence-corrected chi connectivity index (χ4v) is 2.06. The molecule has 4 nitrogen and oxygen atoms in total. The molecule has 15 heavy (non-hydrogen) atoms. The summed E-state index contributed by atoms with van der Waals surface area (Å²) in [5, 5.41) is 4.37. The van der Waals surface area contributed by atoms with Crippen LogP contribution in [-0.2, 0) is 16.8 Å². The molecule has 0 aliphatic heterocycles. The van der Waals surface area contributed by atoms with E-state index in [0.717, 1.165) is 19.4 Å². The van der Waals surface area contributed by atoms with E-state index in [2.05, 4.69) is 29.7 Å². The lowest BCUT2D eigenvalue weighted by Crippen LogP contribution is -2.23. The van der Waals surface area contributed by atoms with Crippen LogP contribution in [-0.4, -0.2) is 16.4 Å². The maximum Gasteiger partial charge on any atom is 0.0790 e. The van der Waals surface area contributed by atoms with E-state index in [1.54, 1.807) is 0 Å². The predicted molar refractivity (Wildman–Crippen MR) is 58.1 cm³/mol. The van der Waals surface area contributed by atoms with Crippen molar-refractivity contribution in [1.29, 1.82) is 0 Å². The molecule has 0 unspecified atom stereocenters. The molecule has 0 radical (unpaired) electrons. The third-order valence-corrected chi connectivity index (χ3v) is 3.01. The summed E-state index contributed by atoms with van der Waals surface area (Å²) < 4.78 is 2.09. The number of nitrogens with two attached hydrogens (primary N) is 1. The molecule has 84 valence electrons. The lowest BCUT2D eigenvalue weighted by Gasteiger charge is -2.17. The van der Waals surface area contributed by atoms with Gasteiger partial charge < -0.3 is 4.84 Å². The third kappa shape index (κ3) is 2.06. The Morgan fingerprint density at radius 3 is 2.87 bits per heavy atom. The lowest BCUT2D eigenvalue weighted by molar-refractivity contribution is 0.113. The molecule has 0 atom stereocenters. The van der Waals surface area contributed by atoms with Gasteiger partial charge in [-0.05, 0) is 24.8 Å². The molecule has 4 heteroatoms. The Balaban J connectivity index is 2.17. The van der Waals surface area contributed by atoms with Gasteiger partial charge in [0.2, 0.25) is 0 Å². The smallest absolute Gasteiger partial charge is 0.0790 e. The number of hydrogen-bond acceptors (Lipinski definition) is 3. The number of aromatic nitrogens is 2. The van der Waals surface area contributed by atoms with Crippen molar-refractivity contribution < 1.29 is 4.84 Å². The molecule has 0 amide bonds. The molecule has 0 aromatic carbocycles. The Bertz CT molecular complexity index is 328. The van der Waals surface area contributed by atoms with Gasteiger partial charge in [0.1, 0.15) is 0 Å². The van der Waals surface area contributed by atoms with Gasteiger partial charge in [0.05, 0.1) is 6.61 Å². The van der Waals surface area contributed by atoms with Gasteiger partial charge in [0, 0.05) is 23.9 Å². The van der Waals surface area contributed by atoms with Crippen LogP contribution in [0.2, 0.25) is 0 Å². The highest BCUT2D eigenvalue weighted by Gasteiger charge is 2.47. The molecule has 1 aromatic rings. The zero-order chi connectivity index (χ0) is 10.9. The Labute approximate surface area is 90.4 Å². The number of nitrogens with zero attached hydrogens (tertiary/aromatic N) is 2. The average Bonchev–Trinajstić information content (AvgIpc) is 2.78. The summed E-state index contributed by atoms with van der Waals surface area (Å²) in [6.45, 7) is 5.97. The summed E-state index contributed by atoms with van der Waals surface area (Å²) >= 11 is 0. The maximum absolute atomic E-state index is 5.18. The molecule has 0 spiro atoms. The predicted octanol–water partition coefficient (Wildman–Crippen LogP) is 1.46. The van der Waals surface area contributed by atoms with Crippen molar-refractivity contribution >= 4 is 0 Å². The van der Waals surface area contributed by atoms with Gasteiger partial charge >= 0.3 is 0 Å². The minimum Gasteiger partial charge on any atom is -0.304 e. The zero-order valence-corrected chi connectivity index (χ0v) is 9.44. The van der Waals surface area contributed by atoms with E-state index in [0.29, 0.717) is 12.5 Å². The molecule has 1 aliphatic carbocycles. The second kappa shape index (κ2) is 3.94.